The van der Waals surface area contributed by atoms with Crippen LogP contribution in [0.5, 0.6) is 0 Å². The molecule has 5 rings (SSSR count). The molecule has 0 aromatic carbocycles. The smallest absolute Gasteiger partial charge is 0.164 e. The Balaban J connectivity index is -0.000000280. The fraction of sp³-hybridized carbons (Fsp3) is 0.491. The molecule has 15 nitrogen and oxygen atoms in total. The van der Waals surface area contributed by atoms with Crippen LogP contribution >= 0.6 is 103 Å². The molecule has 0 aliphatic heterocycles. The Morgan fingerprint density at radius 3 is 1.27 bits per heavy atom. The molecule has 0 saturated heterocycles. The third kappa shape index (κ3) is 41.9. The number of carbonyl (C=O) groups excluding carboxylic acids is 2. The first-order chi connectivity index (χ1) is 36.3. The number of rotatable bonds is 13. The van der Waals surface area contributed by atoms with Gasteiger partial charge >= 0.3 is 0 Å². The maximum Gasteiger partial charge on any atom is 0.164 e. The summed E-state index contributed by atoms with van der Waals surface area (Å²) in [5.74, 6) is 1.24. The minimum atomic E-state index is -1.22. The number of aliphatic hydroxyl groups excluding tert-OH is 1. The van der Waals surface area contributed by atoms with Crippen molar-refractivity contribution in [1.29, 1.82) is 0 Å². The highest BCUT2D eigenvalue weighted by Crippen LogP contribution is 2.21. The lowest BCUT2D eigenvalue weighted by Gasteiger charge is -2.23. The van der Waals surface area contributed by atoms with Crippen LogP contribution in [-0.2, 0) is 33.0 Å². The quantitative estimate of drug-likeness (QED) is 0.0283. The van der Waals surface area contributed by atoms with Crippen molar-refractivity contribution < 1.29 is 27.3 Å². The zero-order valence-corrected chi connectivity index (χ0v) is 58.7. The Morgan fingerprint density at radius 2 is 1.00 bits per heavy atom. The van der Waals surface area contributed by atoms with E-state index in [0.717, 1.165) is 78.1 Å². The normalized spacial score (nSPS) is 12.5. The van der Waals surface area contributed by atoms with Crippen LogP contribution in [0, 0.1) is 0 Å². The van der Waals surface area contributed by atoms with Crippen molar-refractivity contribution in [2.24, 2.45) is 15.3 Å². The molecule has 0 bridgehead atoms. The average molecular weight is 1540 g/mol. The van der Waals surface area contributed by atoms with Crippen LogP contribution in [0.4, 0.5) is 0 Å². The first-order valence-electron chi connectivity index (χ1n) is 24.1. The molecule has 454 valence electrons. The molecule has 0 spiro atoms. The maximum absolute atomic E-state index is 12.0. The van der Waals surface area contributed by atoms with E-state index in [1.165, 1.54) is 6.20 Å². The van der Waals surface area contributed by atoms with E-state index in [2.05, 4.69) is 128 Å². The van der Waals surface area contributed by atoms with E-state index < -0.39 is 33.0 Å². The highest BCUT2D eigenvalue weighted by atomic mass is 79.9. The Bertz CT molecular complexity index is 2510. The van der Waals surface area contributed by atoms with E-state index in [-0.39, 0.29) is 47.0 Å². The summed E-state index contributed by atoms with van der Waals surface area (Å²) in [5, 5.41) is 12.0. The second-order valence-electron chi connectivity index (χ2n) is 18.4. The Hall–Kier alpha value is -1.97. The predicted molar refractivity (Wildman–Crippen MR) is 361 cm³/mol. The van der Waals surface area contributed by atoms with Gasteiger partial charge in [-0.3, -0.25) is 14.7 Å². The molecule has 0 amide bonds. The number of hydrogen-bond acceptors (Lipinski definition) is 12. The number of nitrogens with two attached hydrogens (primary N) is 2. The van der Waals surface area contributed by atoms with E-state index in [1.807, 2.05) is 119 Å². The van der Waals surface area contributed by atoms with Crippen LogP contribution in [0.1, 0.15) is 180 Å². The van der Waals surface area contributed by atoms with Gasteiger partial charge in [0.1, 0.15) is 34.0 Å². The first kappa shape index (κ1) is 86.8. The minimum Gasteiger partial charge on any atom is -0.400 e. The Labute approximate surface area is 538 Å². The van der Waals surface area contributed by atoms with Gasteiger partial charge in [0, 0.05) is 85.0 Å². The van der Waals surface area contributed by atoms with Crippen LogP contribution in [0.3, 0.4) is 0 Å². The minimum absolute atomic E-state index is 0. The van der Waals surface area contributed by atoms with Gasteiger partial charge in [-0.15, -0.1) is 23.2 Å². The number of carbonyl (C=O) groups is 2. The molecule has 0 unspecified atom stereocenters. The van der Waals surface area contributed by atoms with E-state index in [0.29, 0.717) is 29.3 Å². The van der Waals surface area contributed by atoms with Crippen LogP contribution in [0.15, 0.2) is 119 Å². The number of aliphatic hydroxyl groups is 1. The molecular weight excluding hydrogens is 1450 g/mol. The lowest BCUT2D eigenvalue weighted by molar-refractivity contribution is 0.0987. The van der Waals surface area contributed by atoms with Crippen molar-refractivity contribution in [2.75, 3.05) is 18.9 Å². The van der Waals surface area contributed by atoms with E-state index >= 15 is 0 Å². The highest BCUT2D eigenvalue weighted by molar-refractivity contribution is 9.11. The van der Waals surface area contributed by atoms with Gasteiger partial charge in [0.2, 0.25) is 0 Å². The first-order valence-corrected chi connectivity index (χ1v) is 32.6. The number of nitrogens with zero attached hydrogens (tertiary/aromatic N) is 6. The van der Waals surface area contributed by atoms with Crippen LogP contribution < -0.4 is 15.6 Å². The summed E-state index contributed by atoms with van der Waals surface area (Å²) in [6.07, 6.45) is 12.3. The molecule has 5 heterocycles. The summed E-state index contributed by atoms with van der Waals surface area (Å²) >= 11 is 26.3. The molecule has 6 N–H and O–H groups in total. The molecule has 25 heteroatoms. The lowest BCUT2D eigenvalue weighted by atomic mass is 10.1. The van der Waals surface area contributed by atoms with Gasteiger partial charge in [0.15, 0.2) is 12.1 Å². The summed E-state index contributed by atoms with van der Waals surface area (Å²) in [4.78, 5) is 41.3. The fourth-order valence-electron chi connectivity index (χ4n) is 4.44. The van der Waals surface area contributed by atoms with Crippen LogP contribution in [0.25, 0.3) is 0 Å². The van der Waals surface area contributed by atoms with E-state index in [1.54, 1.807) is 42.9 Å². The standard InChI is InChI=1S/C12H19BrN2OS.C12H17BrN2OS.C8H11BrN2.C8H8BrNO.C6H4BrNO.C4H11NOS.C2H4Cl2.CH4O.2CH4/c2*1-5-10(15-17(16)12(2,3)4)9-6-7-11(13)14-8-9;1-2-7(10)6-3-4-8(9)11-5-6;1-2-7(11)6-3-4-8(9)10-5-6;7-6-2-1-5(4-9)3-8-6;1-4(2,3)7(5)6;3-1-2-4;1-2;;/h6-8,10,15H,5H2,1-4H3;6-8H,5H2,1-4H3;3-5,7H,2,10H2,1H3;3-5H,2H2,1H3;1-4H;5H2,1-3H3;1-2H2;2H,1H3;2*1H4/t10-,17+;17-;7-;;;7-;;;;/m010..1..../s1. The van der Waals surface area contributed by atoms with Gasteiger partial charge in [-0.25, -0.2) is 42.3 Å². The van der Waals surface area contributed by atoms with Gasteiger partial charge in [-0.1, -0.05) is 54.7 Å². The molecular formula is C55H86Br5Cl2N9O6S3. The second-order valence-corrected chi connectivity index (χ2v) is 28.9. The number of nitrogens with one attached hydrogen (secondary N) is 1. The topological polar surface area (TPSA) is 246 Å². The van der Waals surface area contributed by atoms with Crippen molar-refractivity contribution >= 4 is 154 Å². The zero-order valence-electron chi connectivity index (χ0n) is 46.8. The van der Waals surface area contributed by atoms with Crippen molar-refractivity contribution in [3.63, 3.8) is 0 Å². The SMILES string of the molecule is C.C.CC(C)(C)[S@](N)=O.CCC(=N[S@](=O)C(C)(C)C)c1ccc(Br)nc1.CCC(=O)c1ccc(Br)nc1.CC[C@H](N)c1ccc(Br)nc1.CC[C@H](N[S@](=O)C(C)(C)C)c1ccc(Br)nc1.CO.ClCCCl.O=Cc1ccc(Br)nc1. The number of hydrogen-bond donors (Lipinski definition) is 4. The molecule has 0 fully saturated rings. The van der Waals surface area contributed by atoms with Crippen LogP contribution in [0.2, 0.25) is 0 Å². The van der Waals surface area contributed by atoms with E-state index in [4.69, 9.17) is 39.2 Å². The van der Waals surface area contributed by atoms with Crippen molar-refractivity contribution in [2.45, 2.75) is 157 Å². The van der Waals surface area contributed by atoms with E-state index in [9.17, 15) is 22.2 Å². The lowest BCUT2D eigenvalue weighted by Crippen LogP contribution is -2.35. The number of aromatic nitrogens is 5. The fourth-order valence-corrected chi connectivity index (χ4v) is 7.23. The monoisotopic (exact) mass is 1530 g/mol. The number of alkyl halides is 2. The predicted octanol–water partition coefficient (Wildman–Crippen LogP) is 16.0. The van der Waals surface area contributed by atoms with Gasteiger partial charge < -0.3 is 10.8 Å². The Morgan fingerprint density at radius 1 is 0.613 bits per heavy atom. The maximum atomic E-state index is 12.0. The molecule has 5 aromatic rings. The number of ketones is 1. The molecule has 5 aromatic heterocycles. The summed E-state index contributed by atoms with van der Waals surface area (Å²) in [6.45, 7) is 25.1. The summed E-state index contributed by atoms with van der Waals surface area (Å²) < 4.78 is 44.9. The molecule has 80 heavy (non-hydrogen) atoms. The molecule has 0 radical (unpaired) electrons. The molecule has 0 aliphatic carbocycles. The van der Waals surface area contributed by atoms with Gasteiger partial charge in [0.25, 0.3) is 0 Å². The van der Waals surface area contributed by atoms with Crippen molar-refractivity contribution in [3.05, 3.63) is 142 Å². The van der Waals surface area contributed by atoms with Gasteiger partial charge in [0.05, 0.1) is 41.9 Å². The summed E-state index contributed by atoms with van der Waals surface area (Å²) in [7, 11) is -2.47. The number of pyridine rings is 5. The van der Waals surface area contributed by atoms with Crippen molar-refractivity contribution in [3.8, 4) is 0 Å². The molecule has 5 atom stereocenters. The van der Waals surface area contributed by atoms with Crippen molar-refractivity contribution in [1.82, 2.24) is 29.6 Å². The third-order valence-electron chi connectivity index (χ3n) is 9.03. The molecule has 0 saturated carbocycles. The van der Waals surface area contributed by atoms with Gasteiger partial charge in [-0.2, -0.15) is 4.40 Å². The number of aldehydes is 1. The second kappa shape index (κ2) is 48.3. The summed E-state index contributed by atoms with van der Waals surface area (Å²) in [5.41, 5.74) is 11.0. The average Bonchev–Trinajstić information content (AvgIpc) is 3.41. The zero-order chi connectivity index (χ0) is 60.8. The Kier molecular flexibility index (Phi) is 52.4. The molecule has 0 aliphatic rings. The van der Waals surface area contributed by atoms with Gasteiger partial charge in [-0.05, 0) is 221 Å². The van der Waals surface area contributed by atoms with Crippen LogP contribution in [-0.4, -0.2) is 93.5 Å². The number of Topliss-reactive ketones (excluding diaryl/α,β-unsaturated/α-hetero) is 1. The third-order valence-corrected chi connectivity index (χ3v) is 16.2. The summed E-state index contributed by atoms with van der Waals surface area (Å²) in [6, 6.07) is 18.7. The number of halogens is 7. The highest BCUT2D eigenvalue weighted by Gasteiger charge is 2.23. The largest absolute Gasteiger partial charge is 0.400 e.